The lowest BCUT2D eigenvalue weighted by molar-refractivity contribution is -0.0574. The summed E-state index contributed by atoms with van der Waals surface area (Å²) in [5, 5.41) is 0. The number of aromatic amines is 1. The Morgan fingerprint density at radius 1 is 1.12 bits per heavy atom. The van der Waals surface area contributed by atoms with Crippen molar-refractivity contribution in [3.63, 3.8) is 0 Å². The van der Waals surface area contributed by atoms with Crippen LogP contribution in [0.15, 0.2) is 47.3 Å². The number of nitrogens with zero attached hydrogens (tertiary/aromatic N) is 1. The van der Waals surface area contributed by atoms with E-state index in [0.29, 0.717) is 25.9 Å². The number of likely N-dealkylation sites (tertiary alicyclic amines) is 1. The third kappa shape index (κ3) is 2.99. The summed E-state index contributed by atoms with van der Waals surface area (Å²) in [7, 11) is 1.72. The number of piperidine rings is 1. The first-order valence-electron chi connectivity index (χ1n) is 8.16. The number of carbonyl (C=O) groups is 1. The number of H-pyrrole nitrogens is 1. The number of methoxy groups -OCH3 is 1. The van der Waals surface area contributed by atoms with Crippen LogP contribution in [0.4, 0.5) is 0 Å². The zero-order chi connectivity index (χ0) is 17.2. The quantitative estimate of drug-likeness (QED) is 0.942. The minimum Gasteiger partial charge on any atom is -0.373 e. The molecule has 0 atom stereocenters. The molecule has 5 heteroatoms. The van der Waals surface area contributed by atoms with Gasteiger partial charge in [0, 0.05) is 25.9 Å². The summed E-state index contributed by atoms with van der Waals surface area (Å²) in [6, 6.07) is 13.5. The van der Waals surface area contributed by atoms with Crippen LogP contribution in [0.25, 0.3) is 0 Å². The van der Waals surface area contributed by atoms with Crippen LogP contribution in [0.1, 0.15) is 34.5 Å². The standard InChI is InChI=1S/C19H22N2O3/c1-14-8-9-16(17(22)20-14)18(23)21-12-10-19(24-2,11-13-21)15-6-4-3-5-7-15/h3-9H,10-13H2,1-2H3,(H,20,22). The Balaban J connectivity index is 1.77. The molecule has 3 rings (SSSR count). The summed E-state index contributed by atoms with van der Waals surface area (Å²) in [6.07, 6.45) is 1.42. The smallest absolute Gasteiger partial charge is 0.260 e. The fourth-order valence-electron chi connectivity index (χ4n) is 3.33. The summed E-state index contributed by atoms with van der Waals surface area (Å²) in [4.78, 5) is 29.1. The van der Waals surface area contributed by atoms with Gasteiger partial charge >= 0.3 is 0 Å². The highest BCUT2D eigenvalue weighted by atomic mass is 16.5. The van der Waals surface area contributed by atoms with Crippen molar-refractivity contribution < 1.29 is 9.53 Å². The van der Waals surface area contributed by atoms with Crippen molar-refractivity contribution in [3.8, 4) is 0 Å². The van der Waals surface area contributed by atoms with Crippen molar-refractivity contribution in [2.24, 2.45) is 0 Å². The first-order chi connectivity index (χ1) is 11.6. The molecule has 0 radical (unpaired) electrons. The van der Waals surface area contributed by atoms with E-state index in [2.05, 4.69) is 17.1 Å². The number of hydrogen-bond donors (Lipinski definition) is 1. The fourth-order valence-corrected chi connectivity index (χ4v) is 3.33. The molecule has 1 amide bonds. The van der Waals surface area contributed by atoms with Gasteiger partial charge in [-0.1, -0.05) is 30.3 Å². The number of aryl methyl sites for hydroxylation is 1. The number of rotatable bonds is 3. The summed E-state index contributed by atoms with van der Waals surface area (Å²) in [5.74, 6) is -0.214. The molecule has 1 aliphatic rings. The van der Waals surface area contributed by atoms with E-state index < -0.39 is 0 Å². The molecular formula is C19H22N2O3. The van der Waals surface area contributed by atoms with Gasteiger partial charge < -0.3 is 14.6 Å². The second kappa shape index (κ2) is 6.61. The monoisotopic (exact) mass is 326 g/mol. The lowest BCUT2D eigenvalue weighted by atomic mass is 9.84. The molecule has 1 aliphatic heterocycles. The number of ether oxygens (including phenoxy) is 1. The number of carbonyl (C=O) groups excluding carboxylic acids is 1. The van der Waals surface area contributed by atoms with E-state index in [4.69, 9.17) is 4.74 Å². The van der Waals surface area contributed by atoms with Crippen molar-refractivity contribution in [1.82, 2.24) is 9.88 Å². The van der Waals surface area contributed by atoms with Crippen LogP contribution >= 0.6 is 0 Å². The molecule has 1 N–H and O–H groups in total. The topological polar surface area (TPSA) is 62.4 Å². The number of pyridine rings is 1. The van der Waals surface area contributed by atoms with E-state index in [1.54, 1.807) is 31.1 Å². The largest absolute Gasteiger partial charge is 0.373 e. The van der Waals surface area contributed by atoms with Gasteiger partial charge in [-0.15, -0.1) is 0 Å². The van der Waals surface area contributed by atoms with E-state index in [1.165, 1.54) is 0 Å². The van der Waals surface area contributed by atoms with Crippen molar-refractivity contribution in [1.29, 1.82) is 0 Å². The van der Waals surface area contributed by atoms with Crippen LogP contribution in [-0.4, -0.2) is 36.0 Å². The molecule has 0 saturated carbocycles. The number of amides is 1. The molecule has 0 unspecified atom stereocenters. The van der Waals surface area contributed by atoms with Gasteiger partial charge in [0.1, 0.15) is 5.56 Å². The highest BCUT2D eigenvalue weighted by Crippen LogP contribution is 2.36. The zero-order valence-corrected chi connectivity index (χ0v) is 14.0. The van der Waals surface area contributed by atoms with Gasteiger partial charge in [0.2, 0.25) is 0 Å². The van der Waals surface area contributed by atoms with E-state index in [1.807, 2.05) is 18.2 Å². The lowest BCUT2D eigenvalue weighted by Crippen LogP contribution is -2.47. The van der Waals surface area contributed by atoms with Gasteiger partial charge in [0.25, 0.3) is 11.5 Å². The van der Waals surface area contributed by atoms with Crippen LogP contribution in [0.2, 0.25) is 0 Å². The van der Waals surface area contributed by atoms with Crippen LogP contribution in [0, 0.1) is 6.92 Å². The predicted octanol–water partition coefficient (Wildman–Crippen LogP) is 2.46. The van der Waals surface area contributed by atoms with E-state index >= 15 is 0 Å². The molecule has 0 aliphatic carbocycles. The molecule has 1 saturated heterocycles. The SMILES string of the molecule is COC1(c2ccccc2)CCN(C(=O)c2ccc(C)[nH]c2=O)CC1. The summed E-state index contributed by atoms with van der Waals surface area (Å²) >= 11 is 0. The highest BCUT2D eigenvalue weighted by molar-refractivity contribution is 5.93. The second-order valence-electron chi connectivity index (χ2n) is 6.24. The molecule has 5 nitrogen and oxygen atoms in total. The molecule has 0 bridgehead atoms. The Hall–Kier alpha value is -2.40. The highest BCUT2D eigenvalue weighted by Gasteiger charge is 2.37. The van der Waals surface area contributed by atoms with Crippen LogP contribution < -0.4 is 5.56 Å². The van der Waals surface area contributed by atoms with Crippen LogP contribution in [0.5, 0.6) is 0 Å². The van der Waals surface area contributed by atoms with Crippen LogP contribution in [0.3, 0.4) is 0 Å². The normalized spacial score (nSPS) is 16.8. The molecule has 1 aromatic carbocycles. The zero-order valence-electron chi connectivity index (χ0n) is 14.0. The average Bonchev–Trinajstić information content (AvgIpc) is 2.62. The first kappa shape index (κ1) is 16.5. The van der Waals surface area contributed by atoms with Crippen LogP contribution in [-0.2, 0) is 10.3 Å². The van der Waals surface area contributed by atoms with Crippen molar-refractivity contribution in [3.05, 3.63) is 69.6 Å². The van der Waals surface area contributed by atoms with Gasteiger partial charge in [-0.05, 0) is 37.5 Å². The molecule has 126 valence electrons. The molecule has 2 aromatic rings. The second-order valence-corrected chi connectivity index (χ2v) is 6.24. The predicted molar refractivity (Wildman–Crippen MR) is 92.1 cm³/mol. The molecule has 0 spiro atoms. The molecule has 1 fully saturated rings. The summed E-state index contributed by atoms with van der Waals surface area (Å²) in [6.45, 7) is 2.92. The minimum atomic E-state index is -0.363. The van der Waals surface area contributed by atoms with Gasteiger partial charge in [-0.2, -0.15) is 0 Å². The van der Waals surface area contributed by atoms with Crippen molar-refractivity contribution in [2.45, 2.75) is 25.4 Å². The average molecular weight is 326 g/mol. The Kier molecular flexibility index (Phi) is 4.53. The van der Waals surface area contributed by atoms with E-state index in [0.717, 1.165) is 11.3 Å². The Bertz CT molecular complexity index is 775. The number of benzene rings is 1. The van der Waals surface area contributed by atoms with E-state index in [9.17, 15) is 9.59 Å². The summed E-state index contributed by atoms with van der Waals surface area (Å²) < 4.78 is 5.83. The number of nitrogens with one attached hydrogen (secondary N) is 1. The minimum absolute atomic E-state index is 0.199. The lowest BCUT2D eigenvalue weighted by Gasteiger charge is -2.41. The van der Waals surface area contributed by atoms with E-state index in [-0.39, 0.29) is 22.6 Å². The molecular weight excluding hydrogens is 304 g/mol. The van der Waals surface area contributed by atoms with Crippen molar-refractivity contribution in [2.75, 3.05) is 20.2 Å². The maximum atomic E-state index is 12.6. The maximum absolute atomic E-state index is 12.6. The third-order valence-electron chi connectivity index (χ3n) is 4.83. The van der Waals surface area contributed by atoms with Gasteiger partial charge in [0.05, 0.1) is 5.60 Å². The number of aromatic nitrogens is 1. The maximum Gasteiger partial charge on any atom is 0.260 e. The molecule has 2 heterocycles. The third-order valence-corrected chi connectivity index (χ3v) is 4.83. The van der Waals surface area contributed by atoms with Gasteiger partial charge in [0.15, 0.2) is 0 Å². The first-order valence-corrected chi connectivity index (χ1v) is 8.16. The molecule has 24 heavy (non-hydrogen) atoms. The fraction of sp³-hybridized carbons (Fsp3) is 0.368. The Morgan fingerprint density at radius 2 is 1.79 bits per heavy atom. The molecule has 1 aromatic heterocycles. The Morgan fingerprint density at radius 3 is 2.38 bits per heavy atom. The summed E-state index contributed by atoms with van der Waals surface area (Å²) in [5.41, 5.74) is 1.39. The Labute approximate surface area is 141 Å². The van der Waals surface area contributed by atoms with Gasteiger partial charge in [-0.3, -0.25) is 9.59 Å². The van der Waals surface area contributed by atoms with Gasteiger partial charge in [-0.25, -0.2) is 0 Å². The number of hydrogen-bond acceptors (Lipinski definition) is 3. The van der Waals surface area contributed by atoms with Crippen molar-refractivity contribution >= 4 is 5.91 Å².